The van der Waals surface area contributed by atoms with Crippen LogP contribution in [-0.2, 0) is 4.74 Å². The number of hydrogen-bond donors (Lipinski definition) is 1. The first-order valence-electron chi connectivity index (χ1n) is 7.22. The van der Waals surface area contributed by atoms with E-state index < -0.39 is 5.44 Å². The number of fused-ring (bicyclic) bond motifs is 1. The minimum atomic E-state index is -0.617. The molecule has 2 aromatic carbocycles. The van der Waals surface area contributed by atoms with Crippen LogP contribution < -0.4 is 0 Å². The maximum atomic E-state index is 13.9. The van der Waals surface area contributed by atoms with Gasteiger partial charge in [0.2, 0.25) is 5.78 Å². The highest BCUT2D eigenvalue weighted by Gasteiger charge is 2.26. The van der Waals surface area contributed by atoms with Gasteiger partial charge in [-0.3, -0.25) is 4.79 Å². The largest absolute Gasteiger partial charge is 0.362 e. The molecule has 0 spiro atoms. The lowest BCUT2D eigenvalue weighted by Gasteiger charge is -2.12. The van der Waals surface area contributed by atoms with Crippen molar-refractivity contribution in [3.8, 4) is 11.1 Å². The normalized spacial score (nSPS) is 12.5. The minimum absolute atomic E-state index is 0.170. The third kappa shape index (κ3) is 3.01. The van der Waals surface area contributed by atoms with Crippen molar-refractivity contribution in [2.24, 2.45) is 0 Å². The molecule has 0 aliphatic heterocycles. The highest BCUT2D eigenvalue weighted by Crippen LogP contribution is 2.36. The summed E-state index contributed by atoms with van der Waals surface area (Å²) < 4.78 is 19.5. The van der Waals surface area contributed by atoms with Crippen LogP contribution in [0.5, 0.6) is 0 Å². The summed E-state index contributed by atoms with van der Waals surface area (Å²) in [5.41, 5.74) is 2.03. The van der Waals surface area contributed by atoms with E-state index in [9.17, 15) is 9.18 Å². The van der Waals surface area contributed by atoms with Crippen LogP contribution in [0.2, 0.25) is 0 Å². The highest BCUT2D eigenvalue weighted by atomic mass is 79.9. The van der Waals surface area contributed by atoms with Gasteiger partial charge in [-0.2, -0.15) is 0 Å². The zero-order valence-corrected chi connectivity index (χ0v) is 15.5. The van der Waals surface area contributed by atoms with Gasteiger partial charge >= 0.3 is 0 Å². The molecule has 3 aromatic rings. The molecule has 124 valence electrons. The Morgan fingerprint density at radius 2 is 2.00 bits per heavy atom. The second-order valence-corrected chi connectivity index (χ2v) is 6.97. The van der Waals surface area contributed by atoms with E-state index in [0.717, 1.165) is 16.5 Å². The number of aromatic nitrogens is 1. The van der Waals surface area contributed by atoms with Crippen molar-refractivity contribution in [2.45, 2.75) is 5.44 Å². The van der Waals surface area contributed by atoms with Gasteiger partial charge in [0, 0.05) is 23.6 Å². The molecule has 0 aliphatic rings. The van der Waals surface area contributed by atoms with Gasteiger partial charge in [0.25, 0.3) is 0 Å². The number of Topliss-reactive ketones (excluding diaryl/α,β-unsaturated/α-hetero) is 1. The molecule has 3 nitrogen and oxygen atoms in total. The molecule has 0 fully saturated rings. The van der Waals surface area contributed by atoms with E-state index in [1.165, 1.54) is 24.9 Å². The van der Waals surface area contributed by atoms with Gasteiger partial charge in [0.1, 0.15) is 5.82 Å². The predicted molar refractivity (Wildman–Crippen MR) is 100 cm³/mol. The Morgan fingerprint density at radius 3 is 2.62 bits per heavy atom. The van der Waals surface area contributed by atoms with Crippen LogP contribution in [0.25, 0.3) is 22.0 Å². The number of thioether (sulfide) groups is 1. The number of ketones is 1. The van der Waals surface area contributed by atoms with Crippen molar-refractivity contribution in [2.75, 3.05) is 13.4 Å². The Kier molecular flexibility index (Phi) is 5.08. The van der Waals surface area contributed by atoms with Crippen molar-refractivity contribution in [3.63, 3.8) is 0 Å². The van der Waals surface area contributed by atoms with E-state index >= 15 is 0 Å². The molecule has 0 saturated carbocycles. The number of aromatic amines is 1. The first-order valence-corrected chi connectivity index (χ1v) is 9.30. The molecule has 0 amide bonds. The third-order valence-electron chi connectivity index (χ3n) is 3.79. The lowest BCUT2D eigenvalue weighted by atomic mass is 10.0. The van der Waals surface area contributed by atoms with Crippen LogP contribution in [0, 0.1) is 5.82 Å². The zero-order chi connectivity index (χ0) is 17.3. The summed E-state index contributed by atoms with van der Waals surface area (Å²) in [6.45, 7) is 0. The number of carbonyl (C=O) groups is 1. The average Bonchev–Trinajstić information content (AvgIpc) is 2.95. The van der Waals surface area contributed by atoms with Gasteiger partial charge in [0.15, 0.2) is 5.44 Å². The van der Waals surface area contributed by atoms with Crippen LogP contribution in [0.15, 0.2) is 46.9 Å². The smallest absolute Gasteiger partial charge is 0.218 e. The summed E-state index contributed by atoms with van der Waals surface area (Å²) in [7, 11) is 1.50. The third-order valence-corrected chi connectivity index (χ3v) is 5.23. The number of carbonyl (C=O) groups excluding carboxylic acids is 1. The molecule has 0 radical (unpaired) electrons. The predicted octanol–water partition coefficient (Wildman–Crippen LogP) is 5.25. The molecular weight excluding hydrogens is 393 g/mol. The molecule has 24 heavy (non-hydrogen) atoms. The van der Waals surface area contributed by atoms with Crippen LogP contribution >= 0.6 is 27.7 Å². The van der Waals surface area contributed by atoms with Crippen molar-refractivity contribution >= 4 is 44.4 Å². The van der Waals surface area contributed by atoms with Crippen molar-refractivity contribution in [1.82, 2.24) is 4.98 Å². The van der Waals surface area contributed by atoms with Crippen molar-refractivity contribution < 1.29 is 13.9 Å². The summed E-state index contributed by atoms with van der Waals surface area (Å²) >= 11 is 4.54. The van der Waals surface area contributed by atoms with Crippen LogP contribution in [0.1, 0.15) is 10.5 Å². The van der Waals surface area contributed by atoms with Crippen molar-refractivity contribution in [3.05, 3.63) is 58.4 Å². The van der Waals surface area contributed by atoms with Gasteiger partial charge in [-0.15, -0.1) is 11.8 Å². The molecule has 6 heteroatoms. The lowest BCUT2D eigenvalue weighted by Crippen LogP contribution is -2.20. The van der Waals surface area contributed by atoms with E-state index in [4.69, 9.17) is 4.74 Å². The molecule has 1 aromatic heterocycles. The molecular formula is C18H15BrFNO2S. The van der Waals surface area contributed by atoms with E-state index in [0.29, 0.717) is 15.7 Å². The van der Waals surface area contributed by atoms with Gasteiger partial charge in [0.05, 0.1) is 10.2 Å². The summed E-state index contributed by atoms with van der Waals surface area (Å²) in [6.07, 6.45) is 1.81. The second-order valence-electron chi connectivity index (χ2n) is 5.22. The quantitative estimate of drug-likeness (QED) is 0.463. The Morgan fingerprint density at radius 1 is 1.29 bits per heavy atom. The van der Waals surface area contributed by atoms with Gasteiger partial charge < -0.3 is 9.72 Å². The Labute approximate surface area is 151 Å². The summed E-state index contributed by atoms with van der Waals surface area (Å²) in [4.78, 5) is 15.9. The molecule has 3 rings (SSSR count). The Balaban J connectivity index is 2.30. The maximum absolute atomic E-state index is 13.9. The fraction of sp³-hybridized carbons (Fsp3) is 0.167. The zero-order valence-electron chi connectivity index (χ0n) is 13.1. The molecule has 1 atom stereocenters. The van der Waals surface area contributed by atoms with Crippen LogP contribution in [0.3, 0.4) is 0 Å². The molecule has 0 saturated heterocycles. The SMILES string of the molecule is COC(SC)C(=O)c1[nH]c2cc(F)c(Br)cc2c1-c1ccccc1. The monoisotopic (exact) mass is 407 g/mol. The standard InChI is InChI=1S/C18H15BrFNO2S/c1-23-18(24-2)17(22)16-15(10-6-4-3-5-7-10)11-8-12(19)13(20)9-14(11)21-16/h3-9,18,21H,1-2H3. The van der Waals surface area contributed by atoms with Gasteiger partial charge in [-0.1, -0.05) is 30.3 Å². The van der Waals surface area contributed by atoms with E-state index in [1.54, 1.807) is 6.07 Å². The number of benzene rings is 2. The van der Waals surface area contributed by atoms with E-state index in [-0.39, 0.29) is 11.6 Å². The highest BCUT2D eigenvalue weighted by molar-refractivity contribution is 9.10. The number of halogens is 2. The first kappa shape index (κ1) is 17.2. The molecule has 1 N–H and O–H groups in total. The average molecular weight is 408 g/mol. The van der Waals surface area contributed by atoms with Crippen molar-refractivity contribution in [1.29, 1.82) is 0 Å². The number of nitrogens with one attached hydrogen (secondary N) is 1. The molecule has 1 unspecified atom stereocenters. The lowest BCUT2D eigenvalue weighted by molar-refractivity contribution is 0.0791. The fourth-order valence-electron chi connectivity index (χ4n) is 2.71. The maximum Gasteiger partial charge on any atom is 0.218 e. The molecule has 0 bridgehead atoms. The van der Waals surface area contributed by atoms with E-state index in [1.807, 2.05) is 36.6 Å². The fourth-order valence-corrected chi connectivity index (χ4v) is 3.57. The van der Waals surface area contributed by atoms with Crippen LogP contribution in [0.4, 0.5) is 4.39 Å². The summed E-state index contributed by atoms with van der Waals surface area (Å²) in [6, 6.07) is 12.7. The van der Waals surface area contributed by atoms with Gasteiger partial charge in [-0.05, 0) is 39.9 Å². The summed E-state index contributed by atoms with van der Waals surface area (Å²) in [5, 5.41) is 0.786. The number of ether oxygens (including phenoxy) is 1. The van der Waals surface area contributed by atoms with Crippen LogP contribution in [-0.4, -0.2) is 29.6 Å². The number of rotatable bonds is 5. The Bertz CT molecular complexity index is 891. The first-order chi connectivity index (χ1) is 11.6. The van der Waals surface area contributed by atoms with E-state index in [2.05, 4.69) is 20.9 Å². The number of H-pyrrole nitrogens is 1. The summed E-state index contributed by atoms with van der Waals surface area (Å²) in [5.74, 6) is -0.549. The number of hydrogen-bond acceptors (Lipinski definition) is 3. The minimum Gasteiger partial charge on any atom is -0.362 e. The Hall–Kier alpha value is -1.63. The topological polar surface area (TPSA) is 42.1 Å². The molecule has 1 heterocycles. The number of methoxy groups -OCH3 is 1. The molecule has 0 aliphatic carbocycles. The van der Waals surface area contributed by atoms with Gasteiger partial charge in [-0.25, -0.2) is 4.39 Å². The second kappa shape index (κ2) is 7.09.